The zero-order chi connectivity index (χ0) is 21.8. The maximum atomic E-state index is 14.0. The van der Waals surface area contributed by atoms with Crippen molar-refractivity contribution in [3.05, 3.63) is 82.6 Å². The summed E-state index contributed by atoms with van der Waals surface area (Å²) in [4.78, 5) is 12.5. The van der Waals surface area contributed by atoms with E-state index in [1.54, 1.807) is 49.4 Å². The molecule has 8 heteroatoms. The first-order valence-corrected chi connectivity index (χ1v) is 10.4. The first kappa shape index (κ1) is 20.9. The molecule has 2 N–H and O–H groups in total. The Hall–Kier alpha value is -3.39. The lowest BCUT2D eigenvalue weighted by Crippen LogP contribution is -2.30. The Morgan fingerprint density at radius 3 is 2.71 bits per heavy atom. The number of para-hydroxylation sites is 1. The molecule has 1 atom stereocenters. The molecule has 158 valence electrons. The fourth-order valence-electron chi connectivity index (χ4n) is 2.96. The molecular weight excluding hydrogens is 465 g/mol. The van der Waals surface area contributed by atoms with Crippen LogP contribution in [0.25, 0.3) is 10.9 Å². The summed E-state index contributed by atoms with van der Waals surface area (Å²) in [7, 11) is 0. The van der Waals surface area contributed by atoms with Crippen LogP contribution < -0.4 is 14.8 Å². The van der Waals surface area contributed by atoms with Crippen LogP contribution in [0.4, 0.5) is 10.2 Å². The molecule has 3 aromatic carbocycles. The molecule has 0 bridgehead atoms. The number of nitrogens with one attached hydrogen (secondary N) is 2. The van der Waals surface area contributed by atoms with E-state index >= 15 is 0 Å². The third-order valence-corrected chi connectivity index (χ3v) is 5.10. The first-order chi connectivity index (χ1) is 15.0. The predicted octanol–water partition coefficient (Wildman–Crippen LogP) is 5.45. The molecule has 0 fully saturated rings. The Balaban J connectivity index is 1.41. The van der Waals surface area contributed by atoms with Crippen LogP contribution in [-0.4, -0.2) is 22.2 Å². The van der Waals surface area contributed by atoms with Crippen molar-refractivity contribution in [3.8, 4) is 11.5 Å². The fourth-order valence-corrected chi connectivity index (χ4v) is 3.29. The van der Waals surface area contributed by atoms with Crippen LogP contribution in [0.2, 0.25) is 0 Å². The Bertz CT molecular complexity index is 1210. The summed E-state index contributed by atoms with van der Waals surface area (Å²) in [6.07, 6.45) is -0.697. The van der Waals surface area contributed by atoms with Crippen LogP contribution in [0.5, 0.6) is 11.5 Å². The minimum absolute atomic E-state index is 0.0939. The van der Waals surface area contributed by atoms with Crippen LogP contribution in [0.3, 0.4) is 0 Å². The average molecular weight is 484 g/mol. The molecule has 4 rings (SSSR count). The van der Waals surface area contributed by atoms with Gasteiger partial charge in [0.05, 0.1) is 5.52 Å². The number of carbonyl (C=O) groups is 1. The number of halogens is 2. The van der Waals surface area contributed by atoms with Gasteiger partial charge in [0.25, 0.3) is 5.91 Å². The van der Waals surface area contributed by atoms with Gasteiger partial charge in [0.15, 0.2) is 11.9 Å². The van der Waals surface area contributed by atoms with Crippen LogP contribution in [0.1, 0.15) is 12.5 Å². The van der Waals surface area contributed by atoms with E-state index in [0.29, 0.717) is 32.9 Å². The van der Waals surface area contributed by atoms with Crippen LogP contribution in [0, 0.1) is 5.82 Å². The monoisotopic (exact) mass is 483 g/mol. The van der Waals surface area contributed by atoms with Gasteiger partial charge in [0.1, 0.15) is 23.9 Å². The van der Waals surface area contributed by atoms with Gasteiger partial charge in [0, 0.05) is 21.5 Å². The lowest BCUT2D eigenvalue weighted by molar-refractivity contribution is -0.122. The number of fused-ring (bicyclic) bond motifs is 1. The molecule has 31 heavy (non-hydrogen) atoms. The maximum absolute atomic E-state index is 14.0. The Morgan fingerprint density at radius 2 is 1.94 bits per heavy atom. The predicted molar refractivity (Wildman–Crippen MR) is 120 cm³/mol. The number of carbonyl (C=O) groups excluding carboxylic acids is 1. The van der Waals surface area contributed by atoms with Gasteiger partial charge in [-0.3, -0.25) is 9.89 Å². The third-order valence-electron chi connectivity index (χ3n) is 4.61. The van der Waals surface area contributed by atoms with E-state index in [2.05, 4.69) is 31.4 Å². The molecule has 1 amide bonds. The SMILES string of the molecule is CC(Oc1ccccc1)C(=O)Nc1n[nH]c2cc(OCc3ccc(Br)cc3F)ccc12. The minimum Gasteiger partial charge on any atom is -0.489 e. The number of hydrogen-bond donors (Lipinski definition) is 2. The Morgan fingerprint density at radius 1 is 1.13 bits per heavy atom. The lowest BCUT2D eigenvalue weighted by Gasteiger charge is -2.13. The topological polar surface area (TPSA) is 76.2 Å². The molecular formula is C23H19BrFN3O3. The summed E-state index contributed by atoms with van der Waals surface area (Å²) in [6.45, 7) is 1.76. The second-order valence-electron chi connectivity index (χ2n) is 6.87. The van der Waals surface area contributed by atoms with Gasteiger partial charge in [-0.25, -0.2) is 4.39 Å². The van der Waals surface area contributed by atoms with Crippen molar-refractivity contribution in [2.24, 2.45) is 0 Å². The molecule has 4 aromatic rings. The summed E-state index contributed by atoms with van der Waals surface area (Å²) in [5, 5.41) is 10.5. The molecule has 0 saturated heterocycles. The molecule has 0 aliphatic rings. The Labute approximate surface area is 186 Å². The summed E-state index contributed by atoms with van der Waals surface area (Å²) in [5.74, 6) is 0.907. The highest BCUT2D eigenvalue weighted by atomic mass is 79.9. The van der Waals surface area contributed by atoms with E-state index in [-0.39, 0.29) is 18.3 Å². The number of aromatic nitrogens is 2. The van der Waals surface area contributed by atoms with Gasteiger partial charge >= 0.3 is 0 Å². The summed E-state index contributed by atoms with van der Waals surface area (Å²) >= 11 is 3.23. The van der Waals surface area contributed by atoms with Crippen molar-refractivity contribution in [2.45, 2.75) is 19.6 Å². The Kier molecular flexibility index (Phi) is 6.18. The van der Waals surface area contributed by atoms with Crippen molar-refractivity contribution < 1.29 is 18.7 Å². The second kappa shape index (κ2) is 9.18. The smallest absolute Gasteiger partial charge is 0.266 e. The fraction of sp³-hybridized carbons (Fsp3) is 0.130. The second-order valence-corrected chi connectivity index (χ2v) is 7.78. The van der Waals surface area contributed by atoms with E-state index in [4.69, 9.17) is 9.47 Å². The van der Waals surface area contributed by atoms with E-state index in [9.17, 15) is 9.18 Å². The van der Waals surface area contributed by atoms with Crippen LogP contribution >= 0.6 is 15.9 Å². The zero-order valence-electron chi connectivity index (χ0n) is 16.6. The van der Waals surface area contributed by atoms with Gasteiger partial charge in [-0.1, -0.05) is 40.2 Å². The van der Waals surface area contributed by atoms with Gasteiger partial charge in [-0.05, 0) is 43.3 Å². The third kappa shape index (κ3) is 5.03. The van der Waals surface area contributed by atoms with Crippen molar-refractivity contribution in [3.63, 3.8) is 0 Å². The number of amides is 1. The van der Waals surface area contributed by atoms with E-state index in [1.165, 1.54) is 6.07 Å². The maximum Gasteiger partial charge on any atom is 0.266 e. The molecule has 0 aliphatic carbocycles. The number of anilines is 1. The van der Waals surface area contributed by atoms with E-state index in [1.807, 2.05) is 18.2 Å². The molecule has 0 saturated carbocycles. The molecule has 6 nitrogen and oxygen atoms in total. The number of nitrogens with zero attached hydrogens (tertiary/aromatic N) is 1. The molecule has 0 aliphatic heterocycles. The van der Waals surface area contributed by atoms with Crippen molar-refractivity contribution in [1.82, 2.24) is 10.2 Å². The number of benzene rings is 3. The molecule has 1 heterocycles. The highest BCUT2D eigenvalue weighted by Crippen LogP contribution is 2.26. The largest absolute Gasteiger partial charge is 0.489 e. The minimum atomic E-state index is -0.697. The number of rotatable bonds is 7. The van der Waals surface area contributed by atoms with Gasteiger partial charge < -0.3 is 14.8 Å². The summed E-state index contributed by atoms with van der Waals surface area (Å²) in [5.41, 5.74) is 1.13. The average Bonchev–Trinajstić information content (AvgIpc) is 3.15. The summed E-state index contributed by atoms with van der Waals surface area (Å²) < 4.78 is 26.0. The number of H-pyrrole nitrogens is 1. The van der Waals surface area contributed by atoms with Crippen molar-refractivity contribution >= 4 is 38.6 Å². The molecule has 0 spiro atoms. The van der Waals surface area contributed by atoms with Crippen LogP contribution in [-0.2, 0) is 11.4 Å². The van der Waals surface area contributed by atoms with Crippen molar-refractivity contribution in [1.29, 1.82) is 0 Å². The number of aromatic amines is 1. The van der Waals surface area contributed by atoms with Gasteiger partial charge in [0.2, 0.25) is 0 Å². The highest BCUT2D eigenvalue weighted by molar-refractivity contribution is 9.10. The quantitative estimate of drug-likeness (QED) is 0.366. The van der Waals surface area contributed by atoms with Crippen molar-refractivity contribution in [2.75, 3.05) is 5.32 Å². The molecule has 1 unspecified atom stereocenters. The highest BCUT2D eigenvalue weighted by Gasteiger charge is 2.17. The molecule has 0 radical (unpaired) electrons. The van der Waals surface area contributed by atoms with E-state index < -0.39 is 6.10 Å². The van der Waals surface area contributed by atoms with Gasteiger partial charge in [-0.15, -0.1) is 0 Å². The first-order valence-electron chi connectivity index (χ1n) is 9.57. The van der Waals surface area contributed by atoms with E-state index in [0.717, 1.165) is 5.39 Å². The standard InChI is InChI=1S/C23H19BrFN3O3/c1-14(31-17-5-3-2-4-6-17)23(29)26-22-19-10-9-18(12-21(19)27-28-22)30-13-15-7-8-16(24)11-20(15)25/h2-12,14H,13H2,1H3,(H2,26,27,28,29). The summed E-state index contributed by atoms with van der Waals surface area (Å²) in [6, 6.07) is 19.2. The lowest BCUT2D eigenvalue weighted by atomic mass is 10.2. The normalized spacial score (nSPS) is 11.8. The number of hydrogen-bond acceptors (Lipinski definition) is 4. The van der Waals surface area contributed by atoms with Gasteiger partial charge in [-0.2, -0.15) is 5.10 Å². The van der Waals surface area contributed by atoms with Crippen LogP contribution in [0.15, 0.2) is 71.2 Å². The molecule has 1 aromatic heterocycles. The number of ether oxygens (including phenoxy) is 2. The zero-order valence-corrected chi connectivity index (χ0v) is 18.1.